The van der Waals surface area contributed by atoms with Crippen molar-refractivity contribution in [1.82, 2.24) is 20.9 Å². The summed E-state index contributed by atoms with van der Waals surface area (Å²) in [6.45, 7) is 9.39. The summed E-state index contributed by atoms with van der Waals surface area (Å²) >= 11 is 0. The zero-order chi connectivity index (χ0) is 22.4. The van der Waals surface area contributed by atoms with Crippen LogP contribution in [0.1, 0.15) is 47.8 Å². The van der Waals surface area contributed by atoms with Gasteiger partial charge in [0.05, 0.1) is 0 Å². The van der Waals surface area contributed by atoms with Gasteiger partial charge in [-0.25, -0.2) is 0 Å². The minimum absolute atomic E-state index is 0. The van der Waals surface area contributed by atoms with Gasteiger partial charge in [0.1, 0.15) is 0 Å². The summed E-state index contributed by atoms with van der Waals surface area (Å²) in [5.41, 5.74) is 5.14. The number of halogens is 1. The van der Waals surface area contributed by atoms with E-state index < -0.39 is 0 Å². The lowest BCUT2D eigenvalue weighted by Gasteiger charge is -2.20. The summed E-state index contributed by atoms with van der Waals surface area (Å²) in [6.07, 6.45) is 2.97. The summed E-state index contributed by atoms with van der Waals surface area (Å²) in [4.78, 5) is 20.1. The second kappa shape index (κ2) is 11.4. The maximum atomic E-state index is 12.4. The lowest BCUT2D eigenvalue weighted by molar-refractivity contribution is 0.0919. The van der Waals surface area contributed by atoms with Gasteiger partial charge in [0, 0.05) is 48.3 Å². The molecule has 0 aliphatic rings. The number of aromatic nitrogens is 1. The summed E-state index contributed by atoms with van der Waals surface area (Å²) in [5, 5.41) is 11.0. The fraction of sp³-hybridized carbons (Fsp3) is 0.360. The summed E-state index contributed by atoms with van der Waals surface area (Å²) in [5.74, 6) is 0.672. The van der Waals surface area contributed by atoms with E-state index in [1.165, 1.54) is 22.0 Å². The van der Waals surface area contributed by atoms with Crippen LogP contribution in [-0.4, -0.2) is 36.0 Å². The Morgan fingerprint density at radius 3 is 2.59 bits per heavy atom. The van der Waals surface area contributed by atoms with Crippen molar-refractivity contribution in [2.24, 2.45) is 4.99 Å². The molecule has 32 heavy (non-hydrogen) atoms. The zero-order valence-corrected chi connectivity index (χ0v) is 21.8. The molecule has 0 aliphatic carbocycles. The number of nitrogens with one attached hydrogen (secondary N) is 4. The largest absolute Gasteiger partial charge is 0.361 e. The van der Waals surface area contributed by atoms with Crippen molar-refractivity contribution in [3.8, 4) is 0 Å². The number of carbonyl (C=O) groups excluding carboxylic acids is 1. The van der Waals surface area contributed by atoms with Crippen LogP contribution < -0.4 is 16.0 Å². The van der Waals surface area contributed by atoms with Gasteiger partial charge < -0.3 is 20.9 Å². The van der Waals surface area contributed by atoms with Gasteiger partial charge >= 0.3 is 0 Å². The van der Waals surface area contributed by atoms with Crippen LogP contribution in [0, 0.1) is 6.92 Å². The number of aliphatic imine (C=N–C) groups is 1. The van der Waals surface area contributed by atoms with E-state index in [1.54, 1.807) is 7.05 Å². The van der Waals surface area contributed by atoms with Gasteiger partial charge in [-0.3, -0.25) is 9.79 Å². The highest BCUT2D eigenvalue weighted by Gasteiger charge is 2.15. The van der Waals surface area contributed by atoms with Crippen LogP contribution in [0.5, 0.6) is 0 Å². The van der Waals surface area contributed by atoms with E-state index in [2.05, 4.69) is 57.2 Å². The van der Waals surface area contributed by atoms with Gasteiger partial charge in [-0.15, -0.1) is 24.0 Å². The Labute approximate surface area is 207 Å². The highest BCUT2D eigenvalue weighted by Crippen LogP contribution is 2.19. The molecule has 0 bridgehead atoms. The smallest absolute Gasteiger partial charge is 0.251 e. The Kier molecular flexibility index (Phi) is 9.12. The Hall–Kier alpha value is -2.55. The molecule has 0 atom stereocenters. The third-order valence-corrected chi connectivity index (χ3v) is 4.97. The first kappa shape index (κ1) is 25.7. The molecule has 0 saturated carbocycles. The Bertz CT molecular complexity index is 1080. The molecule has 0 radical (unpaired) electrons. The number of rotatable bonds is 6. The molecule has 3 aromatic rings. The fourth-order valence-electron chi connectivity index (χ4n) is 3.46. The van der Waals surface area contributed by atoms with Crippen molar-refractivity contribution in [1.29, 1.82) is 0 Å². The Morgan fingerprint density at radius 1 is 1.09 bits per heavy atom. The molecule has 172 valence electrons. The van der Waals surface area contributed by atoms with Crippen molar-refractivity contribution in [2.45, 2.75) is 46.2 Å². The second-order valence-corrected chi connectivity index (χ2v) is 8.87. The van der Waals surface area contributed by atoms with Gasteiger partial charge in [-0.2, -0.15) is 0 Å². The van der Waals surface area contributed by atoms with Crippen LogP contribution in [0.15, 0.2) is 53.7 Å². The lowest BCUT2D eigenvalue weighted by Crippen LogP contribution is -2.40. The van der Waals surface area contributed by atoms with Gasteiger partial charge in [0.15, 0.2) is 5.96 Å². The third-order valence-electron chi connectivity index (χ3n) is 4.97. The minimum Gasteiger partial charge on any atom is -0.361 e. The van der Waals surface area contributed by atoms with Crippen molar-refractivity contribution < 1.29 is 4.79 Å². The number of carbonyl (C=O) groups is 1. The first-order chi connectivity index (χ1) is 14.7. The van der Waals surface area contributed by atoms with Gasteiger partial charge in [0.2, 0.25) is 0 Å². The lowest BCUT2D eigenvalue weighted by atomic mass is 10.1. The molecule has 0 aliphatic heterocycles. The number of H-pyrrole nitrogens is 1. The average molecular weight is 547 g/mol. The number of fused-ring (bicyclic) bond motifs is 1. The monoisotopic (exact) mass is 547 g/mol. The molecule has 0 fully saturated rings. The van der Waals surface area contributed by atoms with Crippen LogP contribution in [0.4, 0.5) is 0 Å². The summed E-state index contributed by atoms with van der Waals surface area (Å²) in [6, 6.07) is 14.1. The Balaban J connectivity index is 0.00000363. The van der Waals surface area contributed by atoms with E-state index in [4.69, 9.17) is 0 Å². The summed E-state index contributed by atoms with van der Waals surface area (Å²) < 4.78 is 0. The van der Waals surface area contributed by atoms with Gasteiger partial charge in [-0.05, 0) is 69.0 Å². The average Bonchev–Trinajstić information content (AvgIpc) is 3.11. The number of guanidine groups is 1. The molecule has 2 aromatic carbocycles. The van der Waals surface area contributed by atoms with Crippen molar-refractivity contribution in [3.63, 3.8) is 0 Å². The van der Waals surface area contributed by atoms with Gasteiger partial charge in [-0.1, -0.05) is 24.3 Å². The van der Waals surface area contributed by atoms with Crippen LogP contribution in [0.3, 0.4) is 0 Å². The number of hydrogen-bond acceptors (Lipinski definition) is 2. The molecule has 0 spiro atoms. The number of benzene rings is 2. The van der Waals surface area contributed by atoms with E-state index in [9.17, 15) is 4.79 Å². The molecule has 4 N–H and O–H groups in total. The Morgan fingerprint density at radius 2 is 1.88 bits per heavy atom. The fourth-order valence-corrected chi connectivity index (χ4v) is 3.46. The predicted molar refractivity (Wildman–Crippen MR) is 144 cm³/mol. The van der Waals surface area contributed by atoms with Crippen molar-refractivity contribution >= 4 is 46.7 Å². The number of hydrogen-bond donors (Lipinski definition) is 4. The molecule has 7 heteroatoms. The van der Waals surface area contributed by atoms with Crippen molar-refractivity contribution in [3.05, 3.63) is 70.9 Å². The van der Waals surface area contributed by atoms with Gasteiger partial charge in [0.25, 0.3) is 5.91 Å². The molecular formula is C25H34IN5O. The first-order valence-corrected chi connectivity index (χ1v) is 10.7. The molecule has 1 amide bonds. The molecule has 6 nitrogen and oxygen atoms in total. The maximum Gasteiger partial charge on any atom is 0.251 e. The molecule has 0 saturated heterocycles. The van der Waals surface area contributed by atoms with E-state index in [0.717, 1.165) is 24.5 Å². The molecule has 1 aromatic heterocycles. The number of aromatic amines is 1. The predicted octanol–water partition coefficient (Wildman–Crippen LogP) is 4.53. The topological polar surface area (TPSA) is 81.3 Å². The number of nitrogens with zero attached hydrogens (tertiary/aromatic N) is 1. The highest BCUT2D eigenvalue weighted by atomic mass is 127. The van der Waals surface area contributed by atoms with E-state index in [1.807, 2.05) is 45.0 Å². The number of aryl methyl sites for hydroxylation is 1. The van der Waals surface area contributed by atoms with Crippen LogP contribution in [0.25, 0.3) is 10.9 Å². The molecule has 1 heterocycles. The van der Waals surface area contributed by atoms with E-state index >= 15 is 0 Å². The van der Waals surface area contributed by atoms with E-state index in [-0.39, 0.29) is 35.4 Å². The molecular weight excluding hydrogens is 513 g/mol. The normalized spacial score (nSPS) is 11.7. The van der Waals surface area contributed by atoms with Crippen LogP contribution >= 0.6 is 24.0 Å². The zero-order valence-electron chi connectivity index (χ0n) is 19.5. The maximum absolute atomic E-state index is 12.4. The second-order valence-electron chi connectivity index (χ2n) is 8.87. The quantitative estimate of drug-likeness (QED) is 0.208. The summed E-state index contributed by atoms with van der Waals surface area (Å²) in [7, 11) is 1.76. The minimum atomic E-state index is -0.263. The SMILES string of the molecule is CN=C(NCCc1c[nH]c2cc(C)ccc12)NCc1cccc(C(=O)NC(C)(C)C)c1.I. The van der Waals surface area contributed by atoms with Crippen molar-refractivity contribution in [2.75, 3.05) is 13.6 Å². The highest BCUT2D eigenvalue weighted by molar-refractivity contribution is 14.0. The third kappa shape index (κ3) is 7.25. The van der Waals surface area contributed by atoms with Crippen LogP contribution in [-0.2, 0) is 13.0 Å². The van der Waals surface area contributed by atoms with Crippen LogP contribution in [0.2, 0.25) is 0 Å². The number of amides is 1. The first-order valence-electron chi connectivity index (χ1n) is 10.7. The molecule has 3 rings (SSSR count). The standard InChI is InChI=1S/C25H33N5O.HI/c1-17-9-10-21-20(16-28-22(21)13-17)11-12-27-24(26-5)29-15-18-7-6-8-19(14-18)23(31)30-25(2,3)4;/h6-10,13-14,16,28H,11-12,15H2,1-5H3,(H,30,31)(H2,26,27,29);1H. The van der Waals surface area contributed by atoms with E-state index in [0.29, 0.717) is 12.1 Å². The molecule has 0 unspecified atom stereocenters.